The van der Waals surface area contributed by atoms with Crippen LogP contribution < -0.4 is 10.6 Å². The highest BCUT2D eigenvalue weighted by Gasteiger charge is 2.21. The van der Waals surface area contributed by atoms with Crippen molar-refractivity contribution in [1.82, 2.24) is 10.3 Å². The Morgan fingerprint density at radius 1 is 1.10 bits per heavy atom. The number of ether oxygens (including phenoxy) is 1. The number of aromatic nitrogens is 1. The molecule has 7 nitrogen and oxygen atoms in total. The zero-order valence-corrected chi connectivity index (χ0v) is 19.1. The van der Waals surface area contributed by atoms with E-state index in [0.717, 1.165) is 6.42 Å². The van der Waals surface area contributed by atoms with Gasteiger partial charge >= 0.3 is 5.97 Å². The molecule has 2 amide bonds. The lowest BCUT2D eigenvalue weighted by atomic mass is 10.1. The molecule has 2 aromatic rings. The van der Waals surface area contributed by atoms with E-state index in [2.05, 4.69) is 31.5 Å². The molecule has 2 atom stereocenters. The van der Waals surface area contributed by atoms with E-state index < -0.39 is 17.8 Å². The van der Waals surface area contributed by atoms with E-state index in [4.69, 9.17) is 4.74 Å². The average molecular weight is 476 g/mol. The van der Waals surface area contributed by atoms with Crippen LogP contribution >= 0.6 is 15.9 Å². The second-order valence-electron chi connectivity index (χ2n) is 6.89. The molecule has 0 spiro atoms. The third-order valence-corrected chi connectivity index (χ3v) is 5.23. The lowest BCUT2D eigenvalue weighted by Crippen LogP contribution is -2.34. The minimum atomic E-state index is -0.500. The fourth-order valence-electron chi connectivity index (χ4n) is 2.50. The van der Waals surface area contributed by atoms with Gasteiger partial charge in [0.2, 0.25) is 0 Å². The third kappa shape index (κ3) is 6.38. The van der Waals surface area contributed by atoms with Crippen LogP contribution in [0.5, 0.6) is 0 Å². The first-order chi connectivity index (χ1) is 14.2. The summed E-state index contributed by atoms with van der Waals surface area (Å²) in [5.41, 5.74) is 1.56. The number of benzene rings is 1. The van der Waals surface area contributed by atoms with Gasteiger partial charge in [-0.25, -0.2) is 9.78 Å². The molecule has 0 aliphatic carbocycles. The number of nitrogens with one attached hydrogen (secondary N) is 2. The number of halogens is 1. The van der Waals surface area contributed by atoms with Gasteiger partial charge in [0.25, 0.3) is 11.8 Å². The van der Waals surface area contributed by atoms with E-state index in [1.807, 2.05) is 20.8 Å². The number of esters is 1. The van der Waals surface area contributed by atoms with Gasteiger partial charge in [0.15, 0.2) is 5.01 Å². The first-order valence-electron chi connectivity index (χ1n) is 9.80. The van der Waals surface area contributed by atoms with Crippen molar-refractivity contribution in [2.24, 2.45) is 0 Å². The molecule has 1 aromatic heterocycles. The van der Waals surface area contributed by atoms with Gasteiger partial charge in [-0.3, -0.25) is 9.59 Å². The van der Waals surface area contributed by atoms with Gasteiger partial charge in [0, 0.05) is 17.4 Å². The van der Waals surface area contributed by atoms with Crippen LogP contribution in [0.4, 0.5) is 5.69 Å². The summed E-state index contributed by atoms with van der Waals surface area (Å²) in [6, 6.07) is 9.62. The molecule has 2 unspecified atom stereocenters. The number of carbonyl (C=O) groups is 3. The Balaban J connectivity index is 2.23. The van der Waals surface area contributed by atoms with E-state index in [0.29, 0.717) is 23.4 Å². The van der Waals surface area contributed by atoms with Crippen molar-refractivity contribution < 1.29 is 19.1 Å². The summed E-state index contributed by atoms with van der Waals surface area (Å²) in [6.45, 7) is 7.48. The smallest absolute Gasteiger partial charge is 0.339 e. The van der Waals surface area contributed by atoms with E-state index in [-0.39, 0.29) is 22.3 Å². The highest BCUT2D eigenvalue weighted by atomic mass is 79.9. The zero-order chi connectivity index (χ0) is 22.3. The highest BCUT2D eigenvalue weighted by molar-refractivity contribution is 9.09. The first kappa shape index (κ1) is 23.5. The topological polar surface area (TPSA) is 97.4 Å². The van der Waals surface area contributed by atoms with Crippen molar-refractivity contribution in [1.29, 1.82) is 0 Å². The predicted octanol–water partition coefficient (Wildman–Crippen LogP) is 4.46. The Labute approximate surface area is 184 Å². The molecule has 2 N–H and O–H groups in total. The number of anilines is 1. The molecular formula is C22H26BrN3O4. The molecule has 0 saturated carbocycles. The van der Waals surface area contributed by atoms with Crippen LogP contribution in [0.2, 0.25) is 0 Å². The number of rotatable bonds is 8. The maximum Gasteiger partial charge on any atom is 0.339 e. The van der Waals surface area contributed by atoms with Gasteiger partial charge < -0.3 is 15.4 Å². The number of pyridine rings is 1. The molecule has 0 radical (unpaired) electrons. The molecule has 0 fully saturated rings. The summed E-state index contributed by atoms with van der Waals surface area (Å²) in [7, 11) is 0. The molecule has 0 bridgehead atoms. The first-order valence-corrected chi connectivity index (χ1v) is 10.7. The summed E-state index contributed by atoms with van der Waals surface area (Å²) in [5, 5.41) is 5.18. The van der Waals surface area contributed by atoms with Gasteiger partial charge in [-0.05, 0) is 73.0 Å². The van der Waals surface area contributed by atoms with Crippen molar-refractivity contribution in [2.75, 3.05) is 5.32 Å². The van der Waals surface area contributed by atoms with Gasteiger partial charge in [-0.2, -0.15) is 0 Å². The number of carbonyl (C=O) groups excluding carboxylic acids is 3. The fourth-order valence-corrected chi connectivity index (χ4v) is 2.67. The number of aryl methyl sites for hydroxylation is 1. The normalized spacial score (nSPS) is 12.6. The molecule has 1 aromatic carbocycles. The summed E-state index contributed by atoms with van der Waals surface area (Å²) in [4.78, 5) is 41.9. The van der Waals surface area contributed by atoms with Gasteiger partial charge in [0.05, 0.1) is 11.1 Å². The standard InChI is InChI=1S/C22H26BrN3O4/c1-5-13(3)25-21(28)19-17(11-10-14(4)24-19)20(27)26-16-9-7-8-15(12-16)22(29)30-18(23)6-2/h7-13,18H,5-6H2,1-4H3,(H,25,28)(H,26,27). The molecule has 0 aliphatic rings. The monoisotopic (exact) mass is 475 g/mol. The second-order valence-corrected chi connectivity index (χ2v) is 7.91. The third-order valence-electron chi connectivity index (χ3n) is 4.40. The van der Waals surface area contributed by atoms with Crippen molar-refractivity contribution >= 4 is 39.4 Å². The van der Waals surface area contributed by atoms with Crippen LogP contribution in [0.25, 0.3) is 0 Å². The number of hydrogen-bond donors (Lipinski definition) is 2. The summed E-state index contributed by atoms with van der Waals surface area (Å²) in [5.74, 6) is -1.40. The molecule has 2 rings (SSSR count). The van der Waals surface area contributed by atoms with E-state index in [1.54, 1.807) is 37.3 Å². The Kier molecular flexibility index (Phi) is 8.53. The van der Waals surface area contributed by atoms with Crippen LogP contribution in [-0.2, 0) is 4.74 Å². The lowest BCUT2D eigenvalue weighted by Gasteiger charge is -2.14. The molecule has 8 heteroatoms. The van der Waals surface area contributed by atoms with Crippen LogP contribution in [0.1, 0.15) is 70.5 Å². The minimum Gasteiger partial charge on any atom is -0.447 e. The van der Waals surface area contributed by atoms with Crippen LogP contribution in [0.15, 0.2) is 36.4 Å². The largest absolute Gasteiger partial charge is 0.447 e. The lowest BCUT2D eigenvalue weighted by molar-refractivity contribution is 0.0464. The van der Waals surface area contributed by atoms with Crippen molar-refractivity contribution in [3.05, 3.63) is 58.9 Å². The van der Waals surface area contributed by atoms with Crippen molar-refractivity contribution in [2.45, 2.75) is 51.6 Å². The zero-order valence-electron chi connectivity index (χ0n) is 17.5. The van der Waals surface area contributed by atoms with E-state index >= 15 is 0 Å². The maximum atomic E-state index is 12.9. The molecule has 30 heavy (non-hydrogen) atoms. The van der Waals surface area contributed by atoms with Gasteiger partial charge in [-0.15, -0.1) is 0 Å². The SMILES string of the molecule is CCC(C)NC(=O)c1nc(C)ccc1C(=O)Nc1cccc(C(=O)OC(Br)CC)c1. The van der Waals surface area contributed by atoms with Crippen LogP contribution in [0.3, 0.4) is 0 Å². The van der Waals surface area contributed by atoms with E-state index in [9.17, 15) is 14.4 Å². The predicted molar refractivity (Wildman–Crippen MR) is 119 cm³/mol. The van der Waals surface area contributed by atoms with Gasteiger partial charge in [0.1, 0.15) is 5.69 Å². The molecule has 160 valence electrons. The second kappa shape index (κ2) is 10.9. The van der Waals surface area contributed by atoms with Crippen molar-refractivity contribution in [3.63, 3.8) is 0 Å². The Hall–Kier alpha value is -2.74. The minimum absolute atomic E-state index is 0.0419. The van der Waals surface area contributed by atoms with E-state index in [1.165, 1.54) is 6.07 Å². The quantitative estimate of drug-likeness (QED) is 0.433. The van der Waals surface area contributed by atoms with Gasteiger partial charge in [-0.1, -0.05) is 19.9 Å². The summed E-state index contributed by atoms with van der Waals surface area (Å²) in [6.07, 6.45) is 1.39. The number of alkyl halides is 1. The molecule has 0 saturated heterocycles. The van der Waals surface area contributed by atoms with Crippen LogP contribution in [-0.4, -0.2) is 33.8 Å². The number of nitrogens with zero attached hydrogens (tertiary/aromatic N) is 1. The average Bonchev–Trinajstić information content (AvgIpc) is 2.73. The maximum absolute atomic E-state index is 12.9. The number of hydrogen-bond acceptors (Lipinski definition) is 5. The molecular weight excluding hydrogens is 450 g/mol. The summed E-state index contributed by atoms with van der Waals surface area (Å²) >= 11 is 3.26. The molecule has 0 aliphatic heterocycles. The molecule has 1 heterocycles. The Morgan fingerprint density at radius 3 is 2.50 bits per heavy atom. The number of amides is 2. The Bertz CT molecular complexity index is 932. The van der Waals surface area contributed by atoms with Crippen molar-refractivity contribution in [3.8, 4) is 0 Å². The summed E-state index contributed by atoms with van der Waals surface area (Å²) < 4.78 is 5.24. The Morgan fingerprint density at radius 2 is 1.83 bits per heavy atom. The fraction of sp³-hybridized carbons (Fsp3) is 0.364. The van der Waals surface area contributed by atoms with Crippen LogP contribution in [0, 0.1) is 6.92 Å². The highest BCUT2D eigenvalue weighted by Crippen LogP contribution is 2.17.